The van der Waals surface area contributed by atoms with Crippen molar-refractivity contribution in [2.45, 2.75) is 59.3 Å². The first-order chi connectivity index (χ1) is 6.60. The molecule has 0 amide bonds. The van der Waals surface area contributed by atoms with Gasteiger partial charge in [0, 0.05) is 23.0 Å². The standard InChI is InChI=1S/C14H23S/c1-10-8-11(13(2,3)4)15-12(9-10)14(5,6)7/h8-9H,1-7H3/q+1. The molecule has 0 aliphatic rings. The van der Waals surface area contributed by atoms with Crippen molar-refractivity contribution in [2.75, 3.05) is 0 Å². The molecule has 1 rings (SSSR count). The van der Waals surface area contributed by atoms with Crippen LogP contribution in [0, 0.1) is 6.92 Å². The predicted octanol–water partition coefficient (Wildman–Crippen LogP) is 4.93. The molecule has 1 heteroatoms. The van der Waals surface area contributed by atoms with Crippen LogP contribution in [-0.4, -0.2) is 0 Å². The molecule has 0 saturated heterocycles. The molecule has 0 spiro atoms. The molecule has 0 N–H and O–H groups in total. The molecule has 1 aromatic heterocycles. The Bertz CT molecular complexity index is 318. The lowest BCUT2D eigenvalue weighted by Crippen LogP contribution is -2.14. The van der Waals surface area contributed by atoms with Gasteiger partial charge in [0.2, 0.25) is 21.1 Å². The molecule has 0 atom stereocenters. The molecule has 0 unspecified atom stereocenters. The van der Waals surface area contributed by atoms with E-state index in [9.17, 15) is 0 Å². The van der Waals surface area contributed by atoms with E-state index in [4.69, 9.17) is 0 Å². The topological polar surface area (TPSA) is 0 Å². The lowest BCUT2D eigenvalue weighted by Gasteiger charge is -2.15. The summed E-state index contributed by atoms with van der Waals surface area (Å²) >= 11 is 1.95. The first-order valence-corrected chi connectivity index (χ1v) is 6.38. The van der Waals surface area contributed by atoms with Crippen LogP contribution in [0.5, 0.6) is 0 Å². The van der Waals surface area contributed by atoms with Crippen molar-refractivity contribution in [3.8, 4) is 0 Å². The monoisotopic (exact) mass is 223 g/mol. The first-order valence-electron chi connectivity index (χ1n) is 5.56. The number of hydrogen-bond acceptors (Lipinski definition) is 0. The van der Waals surface area contributed by atoms with Gasteiger partial charge in [0.25, 0.3) is 0 Å². The van der Waals surface area contributed by atoms with E-state index >= 15 is 0 Å². The average Bonchev–Trinajstić information content (AvgIpc) is 1.99. The minimum atomic E-state index is 0.261. The minimum absolute atomic E-state index is 0.261. The van der Waals surface area contributed by atoms with Crippen LogP contribution in [0.2, 0.25) is 0 Å². The number of rotatable bonds is 0. The van der Waals surface area contributed by atoms with E-state index in [1.165, 1.54) is 15.3 Å². The van der Waals surface area contributed by atoms with Gasteiger partial charge in [-0.3, -0.25) is 0 Å². The van der Waals surface area contributed by atoms with Gasteiger partial charge in [0.1, 0.15) is 0 Å². The van der Waals surface area contributed by atoms with Crippen molar-refractivity contribution in [2.24, 2.45) is 0 Å². The maximum atomic E-state index is 2.32. The molecule has 1 aromatic rings. The molecule has 0 aliphatic heterocycles. The van der Waals surface area contributed by atoms with E-state index in [2.05, 4.69) is 60.6 Å². The minimum Gasteiger partial charge on any atom is -0.0512 e. The highest BCUT2D eigenvalue weighted by molar-refractivity contribution is 7.12. The van der Waals surface area contributed by atoms with Crippen LogP contribution >= 0.6 is 11.3 Å². The molecule has 15 heavy (non-hydrogen) atoms. The highest BCUT2D eigenvalue weighted by Crippen LogP contribution is 2.34. The second-order valence-electron chi connectivity index (χ2n) is 6.36. The summed E-state index contributed by atoms with van der Waals surface area (Å²) < 4.78 is 0. The molecular weight excluding hydrogens is 200 g/mol. The van der Waals surface area contributed by atoms with Gasteiger partial charge < -0.3 is 0 Å². The molecule has 84 valence electrons. The van der Waals surface area contributed by atoms with Crippen LogP contribution in [0.4, 0.5) is 0 Å². The van der Waals surface area contributed by atoms with Crippen molar-refractivity contribution < 1.29 is 0 Å². The Kier molecular flexibility index (Phi) is 3.25. The lowest BCUT2D eigenvalue weighted by atomic mass is 9.92. The van der Waals surface area contributed by atoms with Gasteiger partial charge in [0.15, 0.2) is 0 Å². The number of aryl methyl sites for hydroxylation is 1. The van der Waals surface area contributed by atoms with Gasteiger partial charge in [-0.2, -0.15) is 0 Å². The lowest BCUT2D eigenvalue weighted by molar-refractivity contribution is 0.592. The summed E-state index contributed by atoms with van der Waals surface area (Å²) in [5.41, 5.74) is 1.90. The summed E-state index contributed by atoms with van der Waals surface area (Å²) in [5.74, 6) is 0. The van der Waals surface area contributed by atoms with Crippen molar-refractivity contribution >= 4 is 11.3 Å². The molecular formula is C14H23S+. The summed E-state index contributed by atoms with van der Waals surface area (Å²) in [5, 5.41) is 0. The number of hydrogen-bond donors (Lipinski definition) is 0. The fourth-order valence-corrected chi connectivity index (χ4v) is 2.71. The summed E-state index contributed by atoms with van der Waals surface area (Å²) in [6.07, 6.45) is 0. The zero-order valence-electron chi connectivity index (χ0n) is 11.1. The van der Waals surface area contributed by atoms with Crippen molar-refractivity contribution in [3.63, 3.8) is 0 Å². The predicted molar refractivity (Wildman–Crippen MR) is 70.9 cm³/mol. The van der Waals surface area contributed by atoms with Crippen molar-refractivity contribution in [3.05, 3.63) is 27.5 Å². The van der Waals surface area contributed by atoms with Crippen LogP contribution in [0.3, 0.4) is 0 Å². The van der Waals surface area contributed by atoms with E-state index in [1.807, 2.05) is 11.3 Å². The van der Waals surface area contributed by atoms with Gasteiger partial charge >= 0.3 is 0 Å². The Morgan fingerprint density at radius 3 is 1.40 bits per heavy atom. The molecule has 0 fully saturated rings. The summed E-state index contributed by atoms with van der Waals surface area (Å²) in [4.78, 5) is 2.96. The normalized spacial score (nSPS) is 13.0. The molecule has 0 saturated carbocycles. The van der Waals surface area contributed by atoms with Gasteiger partial charge in [-0.25, -0.2) is 0 Å². The third-order valence-corrected chi connectivity index (χ3v) is 4.32. The van der Waals surface area contributed by atoms with E-state index in [0.29, 0.717) is 0 Å². The zero-order chi connectivity index (χ0) is 11.9. The van der Waals surface area contributed by atoms with Crippen molar-refractivity contribution in [1.82, 2.24) is 0 Å². The Hall–Kier alpha value is -0.430. The average molecular weight is 223 g/mol. The SMILES string of the molecule is Cc1cc(C(C)(C)C)[s+]c(C(C)(C)C)c1. The zero-order valence-corrected chi connectivity index (χ0v) is 11.9. The van der Waals surface area contributed by atoms with Gasteiger partial charge in [0.05, 0.1) is 0 Å². The molecule has 0 nitrogen and oxygen atoms in total. The Labute approximate surface area is 98.4 Å². The third-order valence-electron chi connectivity index (χ3n) is 2.42. The molecule has 0 bridgehead atoms. The van der Waals surface area contributed by atoms with E-state index in [-0.39, 0.29) is 10.8 Å². The summed E-state index contributed by atoms with van der Waals surface area (Å²) in [7, 11) is 0. The highest BCUT2D eigenvalue weighted by atomic mass is 32.1. The van der Waals surface area contributed by atoms with E-state index in [1.54, 1.807) is 0 Å². The van der Waals surface area contributed by atoms with Gasteiger partial charge in [-0.1, -0.05) is 41.5 Å². The third kappa shape index (κ3) is 3.27. The molecule has 0 aromatic carbocycles. The Morgan fingerprint density at radius 1 is 0.800 bits per heavy atom. The van der Waals surface area contributed by atoms with Crippen LogP contribution in [0.25, 0.3) is 0 Å². The van der Waals surface area contributed by atoms with Crippen LogP contribution in [0.15, 0.2) is 12.1 Å². The van der Waals surface area contributed by atoms with Crippen molar-refractivity contribution in [1.29, 1.82) is 0 Å². The summed E-state index contributed by atoms with van der Waals surface area (Å²) in [6.45, 7) is 15.9. The highest BCUT2D eigenvalue weighted by Gasteiger charge is 2.31. The molecule has 0 radical (unpaired) electrons. The van der Waals surface area contributed by atoms with E-state index in [0.717, 1.165) is 0 Å². The molecule has 1 heterocycles. The second-order valence-corrected chi connectivity index (χ2v) is 7.45. The quantitative estimate of drug-likeness (QED) is 0.547. The maximum Gasteiger partial charge on any atom is 0.219 e. The summed E-state index contributed by atoms with van der Waals surface area (Å²) in [6, 6.07) is 4.64. The van der Waals surface area contributed by atoms with E-state index < -0.39 is 0 Å². The van der Waals surface area contributed by atoms with Crippen LogP contribution in [-0.2, 0) is 10.8 Å². The van der Waals surface area contributed by atoms with Gasteiger partial charge in [-0.15, -0.1) is 0 Å². The van der Waals surface area contributed by atoms with Gasteiger partial charge in [-0.05, 0) is 12.5 Å². The fourth-order valence-electron chi connectivity index (χ4n) is 1.37. The fraction of sp³-hybridized carbons (Fsp3) is 0.643. The Morgan fingerprint density at radius 2 is 1.13 bits per heavy atom. The largest absolute Gasteiger partial charge is 0.219 e. The smallest absolute Gasteiger partial charge is 0.0512 e. The molecule has 0 aliphatic carbocycles. The van der Waals surface area contributed by atoms with Crippen LogP contribution < -0.4 is 0 Å². The first kappa shape index (κ1) is 12.6. The maximum absolute atomic E-state index is 2.32. The Balaban J connectivity index is 3.30. The second kappa shape index (κ2) is 3.86. The van der Waals surface area contributed by atoms with Crippen LogP contribution in [0.1, 0.15) is 56.9 Å².